The van der Waals surface area contributed by atoms with E-state index >= 15 is 0 Å². The lowest BCUT2D eigenvalue weighted by atomic mass is 9.75. The highest BCUT2D eigenvalue weighted by atomic mass is 32.2. The van der Waals surface area contributed by atoms with Gasteiger partial charge in [0.05, 0.1) is 5.52 Å². The maximum atomic E-state index is 13.6. The Labute approximate surface area is 147 Å². The number of benzene rings is 1. The molecule has 0 saturated heterocycles. The maximum Gasteiger partial charge on any atom is 0.153 e. The second-order valence-electron chi connectivity index (χ2n) is 6.64. The first-order valence-corrected chi connectivity index (χ1v) is 9.74. The Bertz CT molecular complexity index is 726. The molecule has 1 atom stereocenters. The van der Waals surface area contributed by atoms with E-state index < -0.39 is 0 Å². The summed E-state index contributed by atoms with van der Waals surface area (Å²) in [7, 11) is 0. The number of fused-ring (bicyclic) bond motifs is 1. The topological polar surface area (TPSA) is 48.8 Å². The number of thioether (sulfide) groups is 1. The van der Waals surface area contributed by atoms with Crippen LogP contribution in [0.3, 0.4) is 0 Å². The highest BCUT2D eigenvalue weighted by molar-refractivity contribution is 8.13. The van der Waals surface area contributed by atoms with Gasteiger partial charge in [0.1, 0.15) is 5.82 Å². The van der Waals surface area contributed by atoms with Crippen LogP contribution in [0.5, 0.6) is 0 Å². The summed E-state index contributed by atoms with van der Waals surface area (Å²) >= 11 is 1.45. The van der Waals surface area contributed by atoms with E-state index in [2.05, 4.69) is 23.3 Å². The highest BCUT2D eigenvalue weighted by Gasteiger charge is 2.27. The van der Waals surface area contributed by atoms with Gasteiger partial charge in [-0.1, -0.05) is 11.8 Å². The van der Waals surface area contributed by atoms with E-state index in [9.17, 15) is 4.39 Å². The van der Waals surface area contributed by atoms with Crippen LogP contribution in [0.1, 0.15) is 44.1 Å². The van der Waals surface area contributed by atoms with Gasteiger partial charge in [-0.15, -0.1) is 0 Å². The molecular weight excluding hydrogens is 321 g/mol. The van der Waals surface area contributed by atoms with Crippen LogP contribution in [-0.4, -0.2) is 22.4 Å². The van der Waals surface area contributed by atoms with Crippen molar-refractivity contribution in [2.24, 2.45) is 5.92 Å². The molecule has 0 unspecified atom stereocenters. The van der Waals surface area contributed by atoms with Crippen LogP contribution in [0, 0.1) is 17.1 Å². The van der Waals surface area contributed by atoms with Gasteiger partial charge in [0, 0.05) is 17.6 Å². The number of amidine groups is 1. The Morgan fingerprint density at radius 1 is 1.29 bits per heavy atom. The largest absolute Gasteiger partial charge is 0.362 e. The summed E-state index contributed by atoms with van der Waals surface area (Å²) in [6.07, 6.45) is 8.26. The van der Waals surface area contributed by atoms with E-state index in [1.54, 1.807) is 12.1 Å². The van der Waals surface area contributed by atoms with Gasteiger partial charge < -0.3 is 5.32 Å². The van der Waals surface area contributed by atoms with Crippen LogP contribution in [0.2, 0.25) is 0 Å². The zero-order valence-electron chi connectivity index (χ0n) is 14.2. The lowest BCUT2D eigenvalue weighted by molar-refractivity contribution is 0.280. The van der Waals surface area contributed by atoms with Gasteiger partial charge in [-0.25, -0.2) is 4.39 Å². The van der Waals surface area contributed by atoms with Crippen molar-refractivity contribution in [3.05, 3.63) is 41.8 Å². The second-order valence-corrected chi connectivity index (χ2v) is 7.46. The number of halogens is 1. The number of hydrogen-bond donors (Lipinski definition) is 2. The van der Waals surface area contributed by atoms with Gasteiger partial charge in [-0.2, -0.15) is 0 Å². The molecule has 1 saturated carbocycles. The van der Waals surface area contributed by atoms with Crippen molar-refractivity contribution in [3.63, 3.8) is 0 Å². The quantitative estimate of drug-likeness (QED) is 0.613. The molecule has 1 heterocycles. The first-order valence-electron chi connectivity index (χ1n) is 8.51. The predicted octanol–water partition coefficient (Wildman–Crippen LogP) is 4.92. The Morgan fingerprint density at radius 2 is 2.04 bits per heavy atom. The number of pyridine rings is 1. The average Bonchev–Trinajstić information content (AvgIpc) is 2.61. The fourth-order valence-corrected chi connectivity index (χ4v) is 4.11. The Morgan fingerprint density at radius 3 is 2.75 bits per heavy atom. The minimum Gasteiger partial charge on any atom is -0.362 e. The summed E-state index contributed by atoms with van der Waals surface area (Å²) < 4.78 is 13.6. The third-order valence-electron chi connectivity index (χ3n) is 5.22. The van der Waals surface area contributed by atoms with Crippen LogP contribution < -0.4 is 5.32 Å². The van der Waals surface area contributed by atoms with E-state index in [1.807, 2.05) is 12.5 Å². The van der Waals surface area contributed by atoms with Gasteiger partial charge in [0.15, 0.2) is 5.17 Å². The molecule has 1 fully saturated rings. The molecule has 1 aromatic carbocycles. The molecule has 24 heavy (non-hydrogen) atoms. The van der Waals surface area contributed by atoms with Crippen LogP contribution >= 0.6 is 11.8 Å². The van der Waals surface area contributed by atoms with Gasteiger partial charge in [0.25, 0.3) is 0 Å². The number of nitrogens with one attached hydrogen (secondary N) is 2. The summed E-state index contributed by atoms with van der Waals surface area (Å²) in [6, 6.07) is 7.24. The van der Waals surface area contributed by atoms with Crippen molar-refractivity contribution in [2.75, 3.05) is 6.26 Å². The summed E-state index contributed by atoms with van der Waals surface area (Å²) in [4.78, 5) is 4.36. The zero-order chi connectivity index (χ0) is 17.1. The Hall–Kier alpha value is -1.62. The van der Waals surface area contributed by atoms with Gasteiger partial charge >= 0.3 is 0 Å². The molecule has 5 heteroatoms. The number of nitrogens with zero attached hydrogens (tertiary/aromatic N) is 1. The van der Waals surface area contributed by atoms with E-state index in [0.29, 0.717) is 23.0 Å². The van der Waals surface area contributed by atoms with Crippen molar-refractivity contribution < 1.29 is 4.39 Å². The molecule has 3 rings (SSSR count). The summed E-state index contributed by atoms with van der Waals surface area (Å²) in [5.74, 6) is 0.873. The van der Waals surface area contributed by atoms with E-state index in [-0.39, 0.29) is 5.82 Å². The van der Waals surface area contributed by atoms with E-state index in [4.69, 9.17) is 5.41 Å². The third kappa shape index (κ3) is 3.72. The molecule has 1 aromatic heterocycles. The monoisotopic (exact) mass is 345 g/mol. The van der Waals surface area contributed by atoms with Crippen LogP contribution in [0.15, 0.2) is 30.5 Å². The first-order chi connectivity index (χ1) is 11.6. The summed E-state index contributed by atoms with van der Waals surface area (Å²) in [5.41, 5.74) is 2.11. The maximum absolute atomic E-state index is 13.6. The normalized spacial score (nSPS) is 22.3. The Kier molecular flexibility index (Phi) is 5.39. The van der Waals surface area contributed by atoms with Crippen LogP contribution in [0.4, 0.5) is 4.39 Å². The van der Waals surface area contributed by atoms with Crippen molar-refractivity contribution in [1.82, 2.24) is 10.3 Å². The molecule has 2 aromatic rings. The SMILES string of the molecule is CSC(=N)N[C@H](C)C1CCC(c2ccnc3ccc(F)cc23)CC1. The lowest BCUT2D eigenvalue weighted by Crippen LogP contribution is -2.37. The molecule has 128 valence electrons. The van der Waals surface area contributed by atoms with Crippen molar-refractivity contribution in [1.29, 1.82) is 5.41 Å². The molecule has 2 N–H and O–H groups in total. The number of aromatic nitrogens is 1. The predicted molar refractivity (Wildman–Crippen MR) is 100 cm³/mol. The van der Waals surface area contributed by atoms with Crippen molar-refractivity contribution in [2.45, 2.75) is 44.6 Å². The standard InChI is InChI=1S/C19H24FN3S/c1-12(23-19(21)24-2)13-3-5-14(6-4-13)16-9-10-22-18-8-7-15(20)11-17(16)18/h7-14H,3-6H2,1-2H3,(H2,21,23)/t12-,13?,14?/m1/s1. The molecule has 0 radical (unpaired) electrons. The van der Waals surface area contributed by atoms with E-state index in [1.165, 1.54) is 23.4 Å². The molecule has 3 nitrogen and oxygen atoms in total. The molecule has 1 aliphatic rings. The smallest absolute Gasteiger partial charge is 0.153 e. The fourth-order valence-electron chi connectivity index (χ4n) is 3.81. The second kappa shape index (κ2) is 7.51. The van der Waals surface area contributed by atoms with Gasteiger partial charge in [0.2, 0.25) is 0 Å². The van der Waals surface area contributed by atoms with Crippen LogP contribution in [0.25, 0.3) is 10.9 Å². The molecule has 0 bridgehead atoms. The molecule has 0 spiro atoms. The molecule has 1 aliphatic carbocycles. The molecular formula is C19H24FN3S. The average molecular weight is 345 g/mol. The number of rotatable bonds is 3. The molecule has 0 aliphatic heterocycles. The minimum atomic E-state index is -0.196. The minimum absolute atomic E-state index is 0.196. The van der Waals surface area contributed by atoms with Crippen LogP contribution in [-0.2, 0) is 0 Å². The van der Waals surface area contributed by atoms with E-state index in [0.717, 1.165) is 36.6 Å². The van der Waals surface area contributed by atoms with Crippen molar-refractivity contribution in [3.8, 4) is 0 Å². The summed E-state index contributed by atoms with van der Waals surface area (Å²) in [5, 5.41) is 12.6. The highest BCUT2D eigenvalue weighted by Crippen LogP contribution is 2.39. The summed E-state index contributed by atoms with van der Waals surface area (Å²) in [6.45, 7) is 2.17. The lowest BCUT2D eigenvalue weighted by Gasteiger charge is -2.33. The Balaban J connectivity index is 1.71. The van der Waals surface area contributed by atoms with Crippen molar-refractivity contribution >= 4 is 27.8 Å². The van der Waals surface area contributed by atoms with Gasteiger partial charge in [-0.3, -0.25) is 10.4 Å². The first kappa shape index (κ1) is 17.2. The number of hydrogen-bond acceptors (Lipinski definition) is 3. The third-order valence-corrected chi connectivity index (χ3v) is 5.75. The zero-order valence-corrected chi connectivity index (χ0v) is 15.0. The molecule has 0 amide bonds. The van der Waals surface area contributed by atoms with Gasteiger partial charge in [-0.05, 0) is 80.5 Å². The fraction of sp³-hybridized carbons (Fsp3) is 0.474.